The maximum atomic E-state index is 11.7. The van der Waals surface area contributed by atoms with Gasteiger partial charge in [0, 0.05) is 0 Å². The Morgan fingerprint density at radius 3 is 2.42 bits per heavy atom. The van der Waals surface area contributed by atoms with E-state index in [1.807, 2.05) is 30.3 Å². The minimum atomic E-state index is -1.68. The highest BCUT2D eigenvalue weighted by Crippen LogP contribution is 2.20. The first-order valence-corrected chi connectivity index (χ1v) is 6.03. The average molecular weight is 266 g/mol. The Morgan fingerprint density at radius 2 is 1.89 bits per heavy atom. The van der Waals surface area contributed by atoms with Crippen LogP contribution in [0.5, 0.6) is 0 Å². The lowest BCUT2D eigenvalue weighted by Crippen LogP contribution is -2.42. The summed E-state index contributed by atoms with van der Waals surface area (Å²) in [5, 5.41) is 9.15. The van der Waals surface area contributed by atoms with E-state index < -0.39 is 17.4 Å². The van der Waals surface area contributed by atoms with Crippen molar-refractivity contribution in [3.8, 4) is 0 Å². The fraction of sp³-hybridized carbons (Fsp3) is 0.429. The van der Waals surface area contributed by atoms with E-state index >= 15 is 0 Å². The number of hydrogen-bond donors (Lipinski definition) is 1. The van der Waals surface area contributed by atoms with Crippen molar-refractivity contribution in [1.29, 1.82) is 0 Å². The number of aliphatic carboxylic acids is 1. The van der Waals surface area contributed by atoms with Gasteiger partial charge < -0.3 is 14.6 Å². The Hall–Kier alpha value is -1.88. The Bertz CT molecular complexity index is 429. The van der Waals surface area contributed by atoms with Crippen molar-refractivity contribution in [1.82, 2.24) is 0 Å². The standard InChI is InChI=1S/C14H18O5/c1-3-19-13(17)14(2,12(15)16)10-18-9-11-7-5-4-6-8-11/h4-8H,3,9-10H2,1-2H3,(H,15,16)/t14-/m1/s1. The summed E-state index contributed by atoms with van der Waals surface area (Å²) < 4.78 is 10.1. The molecular weight excluding hydrogens is 248 g/mol. The zero-order chi connectivity index (χ0) is 14.3. The van der Waals surface area contributed by atoms with Crippen LogP contribution in [0.2, 0.25) is 0 Å². The van der Waals surface area contributed by atoms with Crippen LogP contribution in [0.3, 0.4) is 0 Å². The third-order valence-electron chi connectivity index (χ3n) is 2.70. The molecule has 1 N–H and O–H groups in total. The van der Waals surface area contributed by atoms with E-state index in [1.54, 1.807) is 6.92 Å². The molecule has 0 saturated heterocycles. The normalized spacial score (nSPS) is 13.6. The SMILES string of the molecule is CCOC(=O)[C@](C)(COCc1ccccc1)C(=O)O. The van der Waals surface area contributed by atoms with E-state index in [0.717, 1.165) is 5.56 Å². The molecule has 0 saturated carbocycles. The van der Waals surface area contributed by atoms with Crippen LogP contribution in [-0.2, 0) is 25.7 Å². The van der Waals surface area contributed by atoms with Crippen LogP contribution >= 0.6 is 0 Å². The molecule has 19 heavy (non-hydrogen) atoms. The van der Waals surface area contributed by atoms with Gasteiger partial charge in [-0.15, -0.1) is 0 Å². The molecule has 1 aromatic carbocycles. The Labute approximate surface area is 112 Å². The van der Waals surface area contributed by atoms with E-state index in [0.29, 0.717) is 0 Å². The fourth-order valence-electron chi connectivity index (χ4n) is 1.45. The summed E-state index contributed by atoms with van der Waals surface area (Å²) in [6.07, 6.45) is 0. The zero-order valence-electron chi connectivity index (χ0n) is 11.1. The number of carbonyl (C=O) groups excluding carboxylic acids is 1. The molecule has 1 aromatic rings. The maximum Gasteiger partial charge on any atom is 0.325 e. The molecule has 0 amide bonds. The summed E-state index contributed by atoms with van der Waals surface area (Å²) in [6.45, 7) is 3.10. The number of rotatable bonds is 7. The second-order valence-electron chi connectivity index (χ2n) is 4.34. The molecule has 0 unspecified atom stereocenters. The molecule has 104 valence electrons. The lowest BCUT2D eigenvalue weighted by atomic mass is 9.92. The van der Waals surface area contributed by atoms with Gasteiger partial charge in [-0.1, -0.05) is 30.3 Å². The Balaban J connectivity index is 2.60. The minimum Gasteiger partial charge on any atom is -0.480 e. The van der Waals surface area contributed by atoms with Crippen LogP contribution in [0, 0.1) is 5.41 Å². The minimum absolute atomic E-state index is 0.139. The molecule has 5 nitrogen and oxygen atoms in total. The molecule has 0 heterocycles. The largest absolute Gasteiger partial charge is 0.480 e. The summed E-state index contributed by atoms with van der Waals surface area (Å²) in [7, 11) is 0. The van der Waals surface area contributed by atoms with Gasteiger partial charge in [0.2, 0.25) is 0 Å². The van der Waals surface area contributed by atoms with Gasteiger partial charge in [0.1, 0.15) is 0 Å². The quantitative estimate of drug-likeness (QED) is 0.602. The van der Waals surface area contributed by atoms with Crippen molar-refractivity contribution in [2.45, 2.75) is 20.5 Å². The summed E-state index contributed by atoms with van der Waals surface area (Å²) >= 11 is 0. The van der Waals surface area contributed by atoms with Crippen LogP contribution in [0.25, 0.3) is 0 Å². The second kappa shape index (κ2) is 6.89. The molecule has 0 fully saturated rings. The van der Waals surface area contributed by atoms with Crippen LogP contribution in [-0.4, -0.2) is 30.3 Å². The first kappa shape index (κ1) is 15.2. The Kier molecular flexibility index (Phi) is 5.51. The number of benzene rings is 1. The fourth-order valence-corrected chi connectivity index (χ4v) is 1.45. The first-order chi connectivity index (χ1) is 9.00. The van der Waals surface area contributed by atoms with Gasteiger partial charge >= 0.3 is 11.9 Å². The second-order valence-corrected chi connectivity index (χ2v) is 4.34. The van der Waals surface area contributed by atoms with Gasteiger partial charge in [0.25, 0.3) is 0 Å². The molecule has 1 rings (SSSR count). The van der Waals surface area contributed by atoms with E-state index in [9.17, 15) is 9.59 Å². The van der Waals surface area contributed by atoms with Crippen molar-refractivity contribution in [3.63, 3.8) is 0 Å². The van der Waals surface area contributed by atoms with Crippen molar-refractivity contribution < 1.29 is 24.2 Å². The highest BCUT2D eigenvalue weighted by molar-refractivity contribution is 5.98. The monoisotopic (exact) mass is 266 g/mol. The van der Waals surface area contributed by atoms with Gasteiger partial charge in [-0.25, -0.2) is 0 Å². The number of esters is 1. The van der Waals surface area contributed by atoms with Crippen LogP contribution in [0.4, 0.5) is 0 Å². The van der Waals surface area contributed by atoms with Gasteiger partial charge in [0.05, 0.1) is 19.8 Å². The van der Waals surface area contributed by atoms with E-state index in [-0.39, 0.29) is 19.8 Å². The molecule has 5 heteroatoms. The number of hydrogen-bond acceptors (Lipinski definition) is 4. The number of carboxylic acid groups (broad SMARTS) is 1. The molecule has 0 bridgehead atoms. The average Bonchev–Trinajstić information content (AvgIpc) is 2.39. The molecular formula is C14H18O5. The number of carboxylic acids is 1. The third-order valence-corrected chi connectivity index (χ3v) is 2.70. The van der Waals surface area contributed by atoms with Crippen molar-refractivity contribution >= 4 is 11.9 Å². The molecule has 0 aliphatic heterocycles. The lowest BCUT2D eigenvalue weighted by molar-refractivity contribution is -0.172. The van der Waals surface area contributed by atoms with Crippen molar-refractivity contribution in [3.05, 3.63) is 35.9 Å². The predicted molar refractivity (Wildman–Crippen MR) is 68.5 cm³/mol. The summed E-state index contributed by atoms with van der Waals surface area (Å²) in [6, 6.07) is 9.33. The predicted octanol–water partition coefficient (Wildman–Crippen LogP) is 1.86. The smallest absolute Gasteiger partial charge is 0.325 e. The molecule has 0 aliphatic rings. The first-order valence-electron chi connectivity index (χ1n) is 6.03. The number of ether oxygens (including phenoxy) is 2. The number of carbonyl (C=O) groups is 2. The Morgan fingerprint density at radius 1 is 1.26 bits per heavy atom. The van der Waals surface area contributed by atoms with Crippen LogP contribution < -0.4 is 0 Å². The molecule has 1 atom stereocenters. The summed E-state index contributed by atoms with van der Waals surface area (Å²) in [5.74, 6) is -2.03. The highest BCUT2D eigenvalue weighted by atomic mass is 16.5. The van der Waals surface area contributed by atoms with Crippen LogP contribution in [0.15, 0.2) is 30.3 Å². The van der Waals surface area contributed by atoms with Crippen LogP contribution in [0.1, 0.15) is 19.4 Å². The third kappa shape index (κ3) is 4.06. The van der Waals surface area contributed by atoms with Gasteiger partial charge in [0.15, 0.2) is 5.41 Å². The topological polar surface area (TPSA) is 72.8 Å². The summed E-state index contributed by atoms with van der Waals surface area (Å²) in [5.41, 5.74) is -0.760. The van der Waals surface area contributed by atoms with Gasteiger partial charge in [-0.2, -0.15) is 0 Å². The lowest BCUT2D eigenvalue weighted by Gasteiger charge is -2.22. The molecule has 0 spiro atoms. The van der Waals surface area contributed by atoms with E-state index in [4.69, 9.17) is 14.6 Å². The highest BCUT2D eigenvalue weighted by Gasteiger charge is 2.43. The molecule has 0 aliphatic carbocycles. The van der Waals surface area contributed by atoms with E-state index in [2.05, 4.69) is 0 Å². The maximum absolute atomic E-state index is 11.7. The zero-order valence-corrected chi connectivity index (χ0v) is 11.1. The molecule has 0 aromatic heterocycles. The summed E-state index contributed by atoms with van der Waals surface area (Å²) in [4.78, 5) is 22.9. The van der Waals surface area contributed by atoms with Crippen molar-refractivity contribution in [2.75, 3.05) is 13.2 Å². The van der Waals surface area contributed by atoms with Gasteiger partial charge in [-0.05, 0) is 19.4 Å². The molecule has 0 radical (unpaired) electrons. The van der Waals surface area contributed by atoms with Crippen molar-refractivity contribution in [2.24, 2.45) is 5.41 Å². The van der Waals surface area contributed by atoms with E-state index in [1.165, 1.54) is 6.92 Å². The van der Waals surface area contributed by atoms with Gasteiger partial charge in [-0.3, -0.25) is 9.59 Å².